The van der Waals surface area contributed by atoms with Crippen LogP contribution in [0.5, 0.6) is 0 Å². The van der Waals surface area contributed by atoms with Crippen LogP contribution in [-0.4, -0.2) is 66.0 Å². The number of pyridine rings is 1. The Bertz CT molecular complexity index is 914. The van der Waals surface area contributed by atoms with Crippen molar-refractivity contribution in [3.63, 3.8) is 0 Å². The Morgan fingerprint density at radius 2 is 1.55 bits per heavy atom. The van der Waals surface area contributed by atoms with E-state index in [-0.39, 0.29) is 11.9 Å². The molecular weight excluding hydrogens is 414 g/mol. The third kappa shape index (κ3) is 5.28. The van der Waals surface area contributed by atoms with E-state index in [0.717, 1.165) is 38.2 Å². The largest absolute Gasteiger partial charge is 0.356 e. The average molecular weight is 442 g/mol. The van der Waals surface area contributed by atoms with Gasteiger partial charge in [0.15, 0.2) is 0 Å². The molecule has 2 aromatic rings. The van der Waals surface area contributed by atoms with Crippen molar-refractivity contribution in [2.45, 2.75) is 25.7 Å². The van der Waals surface area contributed by atoms with Crippen LogP contribution >= 0.6 is 11.6 Å². The molecule has 0 radical (unpaired) electrons. The van der Waals surface area contributed by atoms with E-state index in [2.05, 4.69) is 15.2 Å². The Morgan fingerprint density at radius 1 is 0.839 bits per heavy atom. The molecule has 2 fully saturated rings. The molecule has 4 rings (SSSR count). The first kappa shape index (κ1) is 21.4. The van der Waals surface area contributed by atoms with Crippen molar-refractivity contribution < 1.29 is 9.59 Å². The van der Waals surface area contributed by atoms with Crippen molar-refractivity contribution in [3.8, 4) is 0 Å². The summed E-state index contributed by atoms with van der Waals surface area (Å²) in [5.74, 6) is 0.780. The quantitative estimate of drug-likeness (QED) is 0.778. The molecule has 1 N–H and O–H groups in total. The van der Waals surface area contributed by atoms with Crippen LogP contribution in [0.15, 0.2) is 42.6 Å². The van der Waals surface area contributed by atoms with E-state index in [9.17, 15) is 9.59 Å². The summed E-state index contributed by atoms with van der Waals surface area (Å²) in [5, 5.41) is 3.53. The zero-order valence-corrected chi connectivity index (χ0v) is 18.4. The van der Waals surface area contributed by atoms with Crippen LogP contribution in [-0.2, 0) is 0 Å². The number of piperidine rings is 1. The zero-order valence-electron chi connectivity index (χ0n) is 17.6. The summed E-state index contributed by atoms with van der Waals surface area (Å²) in [6.07, 6.45) is 5.98. The van der Waals surface area contributed by atoms with Gasteiger partial charge in [-0.3, -0.25) is 4.79 Å². The first-order valence-corrected chi connectivity index (χ1v) is 11.3. The van der Waals surface area contributed by atoms with Gasteiger partial charge in [0.1, 0.15) is 5.82 Å². The molecule has 0 atom stereocenters. The fourth-order valence-corrected chi connectivity index (χ4v) is 4.28. The molecule has 0 aliphatic carbocycles. The topological polar surface area (TPSA) is 68.8 Å². The van der Waals surface area contributed by atoms with Crippen LogP contribution in [0.1, 0.15) is 36.0 Å². The van der Waals surface area contributed by atoms with Crippen molar-refractivity contribution in [2.75, 3.05) is 49.5 Å². The molecule has 0 bridgehead atoms. The molecule has 2 aliphatic heterocycles. The summed E-state index contributed by atoms with van der Waals surface area (Å²) in [7, 11) is 0. The molecule has 31 heavy (non-hydrogen) atoms. The number of hydrogen-bond acceptors (Lipinski definition) is 4. The van der Waals surface area contributed by atoms with Crippen molar-refractivity contribution in [2.24, 2.45) is 0 Å². The molecular formula is C23H28ClN5O2. The zero-order chi connectivity index (χ0) is 21.6. The van der Waals surface area contributed by atoms with Crippen LogP contribution in [0.2, 0.25) is 5.02 Å². The maximum Gasteiger partial charge on any atom is 0.321 e. The molecule has 8 heteroatoms. The van der Waals surface area contributed by atoms with Gasteiger partial charge < -0.3 is 20.0 Å². The summed E-state index contributed by atoms with van der Waals surface area (Å²) in [4.78, 5) is 36.4. The lowest BCUT2D eigenvalue weighted by Crippen LogP contribution is -2.40. The number of nitrogens with one attached hydrogen (secondary N) is 1. The molecule has 3 heterocycles. The Labute approximate surface area is 188 Å². The van der Waals surface area contributed by atoms with E-state index in [1.54, 1.807) is 35.4 Å². The molecule has 0 spiro atoms. The van der Waals surface area contributed by atoms with Crippen LogP contribution in [0, 0.1) is 0 Å². The number of anilines is 2. The fourth-order valence-electron chi connectivity index (χ4n) is 4.15. The van der Waals surface area contributed by atoms with E-state index in [4.69, 9.17) is 11.6 Å². The number of rotatable bonds is 3. The molecule has 3 amide bonds. The minimum atomic E-state index is -0.160. The minimum Gasteiger partial charge on any atom is -0.356 e. The normalized spacial score (nSPS) is 17.3. The number of urea groups is 1. The number of nitrogens with zero attached hydrogens (tertiary/aromatic N) is 4. The highest BCUT2D eigenvalue weighted by molar-refractivity contribution is 6.30. The van der Waals surface area contributed by atoms with E-state index >= 15 is 0 Å². The van der Waals surface area contributed by atoms with E-state index in [1.165, 1.54) is 6.42 Å². The van der Waals surface area contributed by atoms with Gasteiger partial charge >= 0.3 is 6.03 Å². The first-order valence-electron chi connectivity index (χ1n) is 10.9. The summed E-state index contributed by atoms with van der Waals surface area (Å²) >= 11 is 5.91. The maximum atomic E-state index is 13.3. The minimum absolute atomic E-state index is 0.00590. The Morgan fingerprint density at radius 3 is 2.32 bits per heavy atom. The van der Waals surface area contributed by atoms with Gasteiger partial charge in [-0.15, -0.1) is 0 Å². The van der Waals surface area contributed by atoms with Gasteiger partial charge in [0.2, 0.25) is 0 Å². The lowest BCUT2D eigenvalue weighted by Gasteiger charge is -2.30. The summed E-state index contributed by atoms with van der Waals surface area (Å²) < 4.78 is 0. The van der Waals surface area contributed by atoms with Crippen molar-refractivity contribution in [1.29, 1.82) is 0 Å². The van der Waals surface area contributed by atoms with Crippen LogP contribution in [0.25, 0.3) is 0 Å². The van der Waals surface area contributed by atoms with Gasteiger partial charge in [-0.1, -0.05) is 11.6 Å². The summed E-state index contributed by atoms with van der Waals surface area (Å²) in [6.45, 7) is 4.10. The van der Waals surface area contributed by atoms with Gasteiger partial charge in [-0.2, -0.15) is 0 Å². The molecule has 7 nitrogen and oxygen atoms in total. The van der Waals surface area contributed by atoms with E-state index in [1.807, 2.05) is 17.0 Å². The smallest absolute Gasteiger partial charge is 0.321 e. The summed E-state index contributed by atoms with van der Waals surface area (Å²) in [5.41, 5.74) is 1.36. The molecule has 0 saturated carbocycles. The lowest BCUT2D eigenvalue weighted by molar-refractivity contribution is 0.0763. The van der Waals surface area contributed by atoms with Gasteiger partial charge in [0, 0.05) is 56.2 Å². The van der Waals surface area contributed by atoms with E-state index in [0.29, 0.717) is 42.5 Å². The van der Waals surface area contributed by atoms with Gasteiger partial charge in [-0.25, -0.2) is 9.78 Å². The number of amides is 3. The number of carbonyl (C=O) groups excluding carboxylic acids is 2. The highest BCUT2D eigenvalue weighted by Crippen LogP contribution is 2.23. The highest BCUT2D eigenvalue weighted by Gasteiger charge is 2.26. The molecule has 2 aliphatic rings. The maximum absolute atomic E-state index is 13.3. The second-order valence-corrected chi connectivity index (χ2v) is 8.43. The SMILES string of the molecule is O=C(Nc1ccc(Cl)cc1)N1CCCN(C(=O)c2cccnc2N2CCCCC2)CC1. The first-order chi connectivity index (χ1) is 15.1. The van der Waals surface area contributed by atoms with Crippen LogP contribution < -0.4 is 10.2 Å². The van der Waals surface area contributed by atoms with E-state index < -0.39 is 0 Å². The second-order valence-electron chi connectivity index (χ2n) is 7.99. The monoisotopic (exact) mass is 441 g/mol. The Hall–Kier alpha value is -2.80. The molecule has 1 aromatic carbocycles. The molecule has 164 valence electrons. The predicted molar refractivity (Wildman–Crippen MR) is 123 cm³/mol. The Balaban J connectivity index is 1.40. The average Bonchev–Trinajstić information content (AvgIpc) is 3.07. The lowest BCUT2D eigenvalue weighted by atomic mass is 10.1. The van der Waals surface area contributed by atoms with Crippen molar-refractivity contribution in [3.05, 3.63) is 53.2 Å². The predicted octanol–water partition coefficient (Wildman–Crippen LogP) is 4.11. The van der Waals surface area contributed by atoms with Gasteiger partial charge in [-0.05, 0) is 62.1 Å². The van der Waals surface area contributed by atoms with Gasteiger partial charge in [0.25, 0.3) is 5.91 Å². The highest BCUT2D eigenvalue weighted by atomic mass is 35.5. The number of aromatic nitrogens is 1. The number of halogens is 1. The third-order valence-electron chi connectivity index (χ3n) is 5.84. The second kappa shape index (κ2) is 10.0. The molecule has 2 saturated heterocycles. The number of carbonyl (C=O) groups is 2. The standard InChI is InChI=1S/C23H28ClN5O2/c24-18-7-9-19(10-8-18)26-23(31)29-15-5-14-28(16-17-29)22(30)20-6-4-11-25-21(20)27-12-2-1-3-13-27/h4,6-11H,1-3,5,12-17H2,(H,26,31). The fraction of sp³-hybridized carbons (Fsp3) is 0.435. The molecule has 0 unspecified atom stereocenters. The third-order valence-corrected chi connectivity index (χ3v) is 6.09. The van der Waals surface area contributed by atoms with Crippen molar-refractivity contribution in [1.82, 2.24) is 14.8 Å². The van der Waals surface area contributed by atoms with Gasteiger partial charge in [0.05, 0.1) is 5.56 Å². The number of benzene rings is 1. The number of hydrogen-bond donors (Lipinski definition) is 1. The Kier molecular flexibility index (Phi) is 6.92. The van der Waals surface area contributed by atoms with Crippen LogP contribution in [0.4, 0.5) is 16.3 Å². The summed E-state index contributed by atoms with van der Waals surface area (Å²) in [6, 6.07) is 10.6. The molecule has 1 aromatic heterocycles. The van der Waals surface area contributed by atoms with Crippen LogP contribution in [0.3, 0.4) is 0 Å². The van der Waals surface area contributed by atoms with Crippen molar-refractivity contribution >= 4 is 35.0 Å².